The third-order valence-corrected chi connectivity index (χ3v) is 9.52. The molecule has 0 aliphatic carbocycles. The number of allylic oxidation sites excluding steroid dienone is 10. The van der Waals surface area contributed by atoms with Gasteiger partial charge in [-0.05, 0) is 32.1 Å². The molecule has 8 heteroatoms. The normalized spacial score (nSPS) is 13.5. The number of ether oxygens (including phenoxy) is 3. The number of likely N-dealkylation sites (N-methyl/N-ethyl adjacent to an activating group) is 1. The van der Waals surface area contributed by atoms with Gasteiger partial charge in [0.2, 0.25) is 0 Å². The summed E-state index contributed by atoms with van der Waals surface area (Å²) in [6.07, 6.45) is 45.2. The van der Waals surface area contributed by atoms with Crippen molar-refractivity contribution in [2.45, 2.75) is 180 Å². The average molecular weight is 772 g/mol. The third kappa shape index (κ3) is 36.4. The van der Waals surface area contributed by atoms with Crippen LogP contribution in [0, 0.1) is 0 Å². The number of unbranched alkanes of at least 4 members (excludes halogenated alkanes) is 18. The van der Waals surface area contributed by atoms with Crippen molar-refractivity contribution in [2.75, 3.05) is 41.0 Å². The second-order valence-electron chi connectivity index (χ2n) is 15.7. The van der Waals surface area contributed by atoms with Crippen LogP contribution in [-0.4, -0.2) is 75.5 Å². The minimum Gasteiger partial charge on any atom is -0.544 e. The summed E-state index contributed by atoms with van der Waals surface area (Å²) in [5, 5.41) is 11.6. The first-order valence-electron chi connectivity index (χ1n) is 21.9. The summed E-state index contributed by atoms with van der Waals surface area (Å²) in [7, 11) is 5.39. The molecule has 0 N–H and O–H groups in total. The molecule has 0 rings (SSSR count). The zero-order chi connectivity index (χ0) is 40.7. The van der Waals surface area contributed by atoms with Crippen LogP contribution in [0.25, 0.3) is 0 Å². The highest BCUT2D eigenvalue weighted by Gasteiger charge is 2.25. The Labute approximate surface area is 337 Å². The molecule has 0 fully saturated rings. The fourth-order valence-corrected chi connectivity index (χ4v) is 6.10. The SMILES string of the molecule is CCC/C=C/C=C/C=C/C=C/C=C/CCCCCCCC(=O)OCC(COCCC(C(=O)[O-])[N+](C)(C)C)OC(=O)CCCCCCCCCCCCCCC. The van der Waals surface area contributed by atoms with Gasteiger partial charge in [-0.25, -0.2) is 0 Å². The van der Waals surface area contributed by atoms with Crippen molar-refractivity contribution >= 4 is 17.9 Å². The van der Waals surface area contributed by atoms with Gasteiger partial charge in [0.1, 0.15) is 12.6 Å². The predicted molar refractivity (Wildman–Crippen MR) is 226 cm³/mol. The molecule has 0 aromatic heterocycles. The lowest BCUT2D eigenvalue weighted by Crippen LogP contribution is -2.55. The monoisotopic (exact) mass is 772 g/mol. The van der Waals surface area contributed by atoms with E-state index in [1.54, 1.807) is 21.1 Å². The fraction of sp³-hybridized carbons (Fsp3) is 0.723. The van der Waals surface area contributed by atoms with Crippen LogP contribution in [0.2, 0.25) is 0 Å². The Hall–Kier alpha value is -2.97. The number of hydrogen-bond donors (Lipinski definition) is 0. The van der Waals surface area contributed by atoms with Crippen LogP contribution in [0.4, 0.5) is 0 Å². The van der Waals surface area contributed by atoms with Crippen molar-refractivity contribution in [2.24, 2.45) is 0 Å². The van der Waals surface area contributed by atoms with Crippen LogP contribution in [0.1, 0.15) is 168 Å². The van der Waals surface area contributed by atoms with Crippen LogP contribution in [0.5, 0.6) is 0 Å². The summed E-state index contributed by atoms with van der Waals surface area (Å²) in [6, 6.07) is -0.730. The number of carbonyl (C=O) groups excluding carboxylic acids is 3. The van der Waals surface area contributed by atoms with Crippen molar-refractivity contribution in [1.82, 2.24) is 0 Å². The first kappa shape index (κ1) is 52.0. The molecule has 0 aliphatic rings. The minimum absolute atomic E-state index is 0.0316. The molecule has 0 amide bonds. The Morgan fingerprint density at radius 2 is 1.00 bits per heavy atom. The second kappa shape index (κ2) is 37.9. The van der Waals surface area contributed by atoms with E-state index in [9.17, 15) is 19.5 Å². The maximum absolute atomic E-state index is 12.7. The molecule has 316 valence electrons. The van der Waals surface area contributed by atoms with Crippen LogP contribution < -0.4 is 5.11 Å². The quantitative estimate of drug-likeness (QED) is 0.0266. The number of quaternary nitrogens is 1. The van der Waals surface area contributed by atoms with Gasteiger partial charge < -0.3 is 28.6 Å². The first-order valence-corrected chi connectivity index (χ1v) is 21.9. The molecule has 55 heavy (non-hydrogen) atoms. The molecule has 0 aromatic rings. The van der Waals surface area contributed by atoms with Crippen molar-refractivity contribution < 1.29 is 38.2 Å². The molecule has 8 nitrogen and oxygen atoms in total. The first-order chi connectivity index (χ1) is 26.6. The van der Waals surface area contributed by atoms with Crippen LogP contribution in [0.15, 0.2) is 60.8 Å². The van der Waals surface area contributed by atoms with Gasteiger partial charge in [-0.1, -0.05) is 177 Å². The summed E-state index contributed by atoms with van der Waals surface area (Å²) in [4.78, 5) is 36.8. The lowest BCUT2D eigenvalue weighted by atomic mass is 10.0. The Bertz CT molecular complexity index is 1090. The van der Waals surface area contributed by atoms with E-state index in [1.807, 2.05) is 36.5 Å². The number of aliphatic carboxylic acids is 1. The molecule has 0 aliphatic heterocycles. The van der Waals surface area contributed by atoms with Crippen molar-refractivity contribution in [3.63, 3.8) is 0 Å². The Morgan fingerprint density at radius 1 is 0.545 bits per heavy atom. The number of rotatable bonds is 38. The van der Waals surface area contributed by atoms with Crippen molar-refractivity contribution in [3.05, 3.63) is 60.8 Å². The second-order valence-corrected chi connectivity index (χ2v) is 15.7. The zero-order valence-corrected chi connectivity index (χ0v) is 35.8. The molecule has 0 aromatic carbocycles. The Kier molecular flexibility index (Phi) is 35.9. The third-order valence-electron chi connectivity index (χ3n) is 9.52. The largest absolute Gasteiger partial charge is 0.544 e. The van der Waals surface area contributed by atoms with E-state index in [-0.39, 0.29) is 42.7 Å². The highest BCUT2D eigenvalue weighted by molar-refractivity contribution is 5.70. The van der Waals surface area contributed by atoms with Crippen molar-refractivity contribution in [1.29, 1.82) is 0 Å². The van der Waals surface area contributed by atoms with E-state index < -0.39 is 18.1 Å². The minimum atomic E-state index is -1.13. The molecular weight excluding hydrogens is 691 g/mol. The number of carboxylic acid groups (broad SMARTS) is 1. The summed E-state index contributed by atoms with van der Waals surface area (Å²) in [5.74, 6) is -1.77. The fourth-order valence-electron chi connectivity index (χ4n) is 6.10. The highest BCUT2D eigenvalue weighted by atomic mass is 16.6. The van der Waals surface area contributed by atoms with Gasteiger partial charge in [0, 0.05) is 19.3 Å². The number of carboxylic acids is 1. The molecule has 0 bridgehead atoms. The predicted octanol–water partition coefficient (Wildman–Crippen LogP) is 10.5. The van der Waals surface area contributed by atoms with E-state index in [2.05, 4.69) is 38.2 Å². The summed E-state index contributed by atoms with van der Waals surface area (Å²) in [5.41, 5.74) is 0. The van der Waals surface area contributed by atoms with E-state index >= 15 is 0 Å². The Balaban J connectivity index is 4.40. The van der Waals surface area contributed by atoms with Gasteiger partial charge in [0.25, 0.3) is 0 Å². The van der Waals surface area contributed by atoms with Crippen molar-refractivity contribution in [3.8, 4) is 0 Å². The molecular formula is C47H81NO7. The number of nitrogens with zero attached hydrogens (tertiary/aromatic N) is 1. The molecule has 0 heterocycles. The average Bonchev–Trinajstić information content (AvgIpc) is 3.14. The summed E-state index contributed by atoms with van der Waals surface area (Å²) in [6.45, 7) is 4.54. The van der Waals surface area contributed by atoms with Gasteiger partial charge >= 0.3 is 11.9 Å². The molecule has 0 radical (unpaired) electrons. The van der Waals surface area contributed by atoms with Crippen LogP contribution >= 0.6 is 0 Å². The molecule has 2 atom stereocenters. The standard InChI is InChI=1S/C47H81NO7/c1-6-8-10-12-14-16-18-20-21-22-23-24-26-27-29-31-33-35-37-45(49)54-42-43(41-53-40-39-44(47(51)52)48(3,4)5)55-46(50)38-36-34-32-30-28-25-19-17-15-13-11-9-7-2/h10,12,14,16,18,20-24,43-44H,6-9,11,13,15,17,19,25-42H2,1-5H3/b12-10+,16-14+,20-18+,22-21+,24-23+. The summed E-state index contributed by atoms with van der Waals surface area (Å²) >= 11 is 0. The van der Waals surface area contributed by atoms with Gasteiger partial charge in [-0.2, -0.15) is 0 Å². The number of hydrogen-bond acceptors (Lipinski definition) is 7. The van der Waals surface area contributed by atoms with Crippen LogP contribution in [-0.2, 0) is 28.6 Å². The van der Waals surface area contributed by atoms with E-state index in [0.29, 0.717) is 12.8 Å². The van der Waals surface area contributed by atoms with Gasteiger partial charge in [-0.15, -0.1) is 0 Å². The number of carbonyl (C=O) groups is 3. The number of esters is 2. The lowest BCUT2D eigenvalue weighted by molar-refractivity contribution is -0.889. The molecule has 0 spiro atoms. The molecule has 0 saturated heterocycles. The van der Waals surface area contributed by atoms with Gasteiger partial charge in [0.05, 0.1) is 40.3 Å². The van der Waals surface area contributed by atoms with E-state index in [4.69, 9.17) is 14.2 Å². The highest BCUT2D eigenvalue weighted by Crippen LogP contribution is 2.14. The summed E-state index contributed by atoms with van der Waals surface area (Å²) < 4.78 is 17.1. The smallest absolute Gasteiger partial charge is 0.306 e. The topological polar surface area (TPSA) is 102 Å². The molecule has 0 saturated carbocycles. The van der Waals surface area contributed by atoms with Gasteiger partial charge in [0.15, 0.2) is 6.10 Å². The Morgan fingerprint density at radius 3 is 1.49 bits per heavy atom. The zero-order valence-electron chi connectivity index (χ0n) is 35.8. The molecule has 2 unspecified atom stereocenters. The maximum Gasteiger partial charge on any atom is 0.306 e. The maximum atomic E-state index is 12.7. The van der Waals surface area contributed by atoms with Gasteiger partial charge in [-0.3, -0.25) is 9.59 Å². The lowest BCUT2D eigenvalue weighted by Gasteiger charge is -2.34. The van der Waals surface area contributed by atoms with Crippen LogP contribution in [0.3, 0.4) is 0 Å². The van der Waals surface area contributed by atoms with E-state index in [1.165, 1.54) is 70.6 Å². The van der Waals surface area contributed by atoms with E-state index in [0.717, 1.165) is 64.2 Å².